The number of ether oxygens (including phenoxy) is 1. The fourth-order valence-corrected chi connectivity index (χ4v) is 2.44. The Bertz CT molecular complexity index is 581. The molecule has 8 heteroatoms. The standard InChI is InChI=1S/C17H29N5O3/c1-5-24-17(23)21-15(12-6-7-12)10-20-16(18-4)19-9-13-8-14(11(2)3)22-25-13/h8,11-12,15H,5-7,9-10H2,1-4H3,(H,21,23)(H2,18,19,20). The molecular weight excluding hydrogens is 322 g/mol. The minimum Gasteiger partial charge on any atom is -0.450 e. The van der Waals surface area contributed by atoms with E-state index in [-0.39, 0.29) is 12.1 Å². The van der Waals surface area contributed by atoms with Crippen LogP contribution in [0.5, 0.6) is 0 Å². The molecule has 1 atom stereocenters. The van der Waals surface area contributed by atoms with E-state index in [0.29, 0.717) is 37.5 Å². The van der Waals surface area contributed by atoms with Crippen molar-refractivity contribution in [2.75, 3.05) is 20.2 Å². The molecule has 0 spiro atoms. The van der Waals surface area contributed by atoms with Crippen LogP contribution in [0, 0.1) is 5.92 Å². The van der Waals surface area contributed by atoms with Gasteiger partial charge in [0.25, 0.3) is 0 Å². The zero-order valence-electron chi connectivity index (χ0n) is 15.5. The van der Waals surface area contributed by atoms with E-state index < -0.39 is 0 Å². The molecule has 1 fully saturated rings. The summed E-state index contributed by atoms with van der Waals surface area (Å²) in [6, 6.07) is 1.98. The number of aromatic nitrogens is 1. The number of alkyl carbamates (subject to hydrolysis) is 1. The van der Waals surface area contributed by atoms with Gasteiger partial charge in [0.05, 0.1) is 24.9 Å². The van der Waals surface area contributed by atoms with Gasteiger partial charge in [0.1, 0.15) is 0 Å². The molecule has 1 saturated carbocycles. The second kappa shape index (κ2) is 9.29. The van der Waals surface area contributed by atoms with Crippen LogP contribution in [0.15, 0.2) is 15.6 Å². The fourth-order valence-electron chi connectivity index (χ4n) is 2.44. The maximum Gasteiger partial charge on any atom is 0.407 e. The highest BCUT2D eigenvalue weighted by Crippen LogP contribution is 2.32. The smallest absolute Gasteiger partial charge is 0.407 e. The number of hydrogen-bond acceptors (Lipinski definition) is 5. The van der Waals surface area contributed by atoms with Crippen molar-refractivity contribution < 1.29 is 14.1 Å². The third kappa shape index (κ3) is 6.28. The summed E-state index contributed by atoms with van der Waals surface area (Å²) in [7, 11) is 1.71. The molecule has 1 heterocycles. The third-order valence-electron chi connectivity index (χ3n) is 4.08. The zero-order chi connectivity index (χ0) is 18.2. The van der Waals surface area contributed by atoms with Crippen molar-refractivity contribution in [1.82, 2.24) is 21.1 Å². The molecule has 1 aliphatic carbocycles. The topological polar surface area (TPSA) is 101 Å². The number of guanidine groups is 1. The molecule has 0 aromatic carbocycles. The lowest BCUT2D eigenvalue weighted by Crippen LogP contribution is -2.48. The largest absolute Gasteiger partial charge is 0.450 e. The van der Waals surface area contributed by atoms with E-state index in [1.165, 1.54) is 0 Å². The molecule has 0 bridgehead atoms. The van der Waals surface area contributed by atoms with Crippen LogP contribution in [0.3, 0.4) is 0 Å². The van der Waals surface area contributed by atoms with Crippen molar-refractivity contribution in [2.45, 2.75) is 52.1 Å². The minimum atomic E-state index is -0.368. The van der Waals surface area contributed by atoms with Gasteiger partial charge < -0.3 is 25.2 Å². The van der Waals surface area contributed by atoms with Gasteiger partial charge in [0.2, 0.25) is 0 Å². The van der Waals surface area contributed by atoms with Crippen molar-refractivity contribution in [3.63, 3.8) is 0 Å². The van der Waals surface area contributed by atoms with Crippen LogP contribution < -0.4 is 16.0 Å². The van der Waals surface area contributed by atoms with Gasteiger partial charge in [-0.1, -0.05) is 19.0 Å². The van der Waals surface area contributed by atoms with Gasteiger partial charge >= 0.3 is 6.09 Å². The van der Waals surface area contributed by atoms with E-state index in [0.717, 1.165) is 24.3 Å². The van der Waals surface area contributed by atoms with Gasteiger partial charge in [-0.15, -0.1) is 0 Å². The Balaban J connectivity index is 1.78. The molecule has 1 aromatic rings. The highest BCUT2D eigenvalue weighted by Gasteiger charge is 2.32. The predicted octanol–water partition coefficient (Wildman–Crippen LogP) is 1.99. The second-order valence-electron chi connectivity index (χ2n) is 6.49. The number of rotatable bonds is 8. The summed E-state index contributed by atoms with van der Waals surface area (Å²) in [5.41, 5.74) is 0.937. The summed E-state index contributed by atoms with van der Waals surface area (Å²) in [6.07, 6.45) is 1.88. The van der Waals surface area contributed by atoms with E-state index >= 15 is 0 Å². The van der Waals surface area contributed by atoms with Crippen LogP contribution in [-0.4, -0.2) is 43.5 Å². The van der Waals surface area contributed by atoms with Gasteiger partial charge in [0, 0.05) is 19.7 Å². The number of carbonyl (C=O) groups is 1. The first-order valence-electron chi connectivity index (χ1n) is 8.86. The highest BCUT2D eigenvalue weighted by molar-refractivity contribution is 5.79. The van der Waals surface area contributed by atoms with Gasteiger partial charge in [-0.3, -0.25) is 4.99 Å². The molecular formula is C17H29N5O3. The summed E-state index contributed by atoms with van der Waals surface area (Å²) in [4.78, 5) is 15.8. The predicted molar refractivity (Wildman–Crippen MR) is 95.5 cm³/mol. The molecule has 0 radical (unpaired) electrons. The average molecular weight is 351 g/mol. The van der Waals surface area contributed by atoms with E-state index in [1.807, 2.05) is 6.07 Å². The van der Waals surface area contributed by atoms with E-state index in [2.05, 4.69) is 39.9 Å². The van der Waals surface area contributed by atoms with E-state index in [1.54, 1.807) is 14.0 Å². The number of amides is 1. The summed E-state index contributed by atoms with van der Waals surface area (Å²) in [5, 5.41) is 13.4. The molecule has 0 saturated heterocycles. The Hall–Kier alpha value is -2.25. The van der Waals surface area contributed by atoms with Gasteiger partial charge in [0.15, 0.2) is 11.7 Å². The lowest BCUT2D eigenvalue weighted by Gasteiger charge is -2.20. The number of hydrogen-bond donors (Lipinski definition) is 3. The molecule has 1 unspecified atom stereocenters. The highest BCUT2D eigenvalue weighted by atomic mass is 16.5. The SMILES string of the molecule is CCOC(=O)NC(CNC(=NC)NCc1cc(C(C)C)no1)C1CC1. The lowest BCUT2D eigenvalue weighted by atomic mass is 10.1. The summed E-state index contributed by atoms with van der Waals surface area (Å²) in [6.45, 7) is 7.41. The van der Waals surface area contributed by atoms with Crippen molar-refractivity contribution in [1.29, 1.82) is 0 Å². The van der Waals surface area contributed by atoms with Crippen molar-refractivity contribution >= 4 is 12.1 Å². The van der Waals surface area contributed by atoms with Crippen LogP contribution >= 0.6 is 0 Å². The van der Waals surface area contributed by atoms with Crippen LogP contribution in [0.2, 0.25) is 0 Å². The number of nitrogens with zero attached hydrogens (tertiary/aromatic N) is 2. The molecule has 3 N–H and O–H groups in total. The molecule has 0 aliphatic heterocycles. The number of nitrogens with one attached hydrogen (secondary N) is 3. The number of carbonyl (C=O) groups excluding carboxylic acids is 1. The van der Waals surface area contributed by atoms with Crippen LogP contribution in [0.25, 0.3) is 0 Å². The Morgan fingerprint density at radius 3 is 2.76 bits per heavy atom. The molecule has 140 valence electrons. The Morgan fingerprint density at radius 2 is 2.20 bits per heavy atom. The summed E-state index contributed by atoms with van der Waals surface area (Å²) in [5.74, 6) is 2.25. The summed E-state index contributed by atoms with van der Waals surface area (Å²) >= 11 is 0. The summed E-state index contributed by atoms with van der Waals surface area (Å²) < 4.78 is 10.3. The Kier molecular flexibility index (Phi) is 7.09. The van der Waals surface area contributed by atoms with E-state index in [9.17, 15) is 4.79 Å². The third-order valence-corrected chi connectivity index (χ3v) is 4.08. The second-order valence-corrected chi connectivity index (χ2v) is 6.49. The Labute approximate surface area is 148 Å². The molecule has 25 heavy (non-hydrogen) atoms. The van der Waals surface area contributed by atoms with Crippen LogP contribution in [0.1, 0.15) is 51.0 Å². The Morgan fingerprint density at radius 1 is 1.44 bits per heavy atom. The van der Waals surface area contributed by atoms with E-state index in [4.69, 9.17) is 9.26 Å². The first-order chi connectivity index (χ1) is 12.0. The average Bonchev–Trinajstić information content (AvgIpc) is 3.31. The van der Waals surface area contributed by atoms with Gasteiger partial charge in [-0.25, -0.2) is 4.79 Å². The molecule has 1 aromatic heterocycles. The van der Waals surface area contributed by atoms with Crippen molar-refractivity contribution in [2.24, 2.45) is 10.9 Å². The molecule has 2 rings (SSSR count). The first-order valence-corrected chi connectivity index (χ1v) is 8.86. The molecule has 1 amide bonds. The first kappa shape index (κ1) is 19.1. The fraction of sp³-hybridized carbons (Fsp3) is 0.706. The maximum absolute atomic E-state index is 11.6. The lowest BCUT2D eigenvalue weighted by molar-refractivity contribution is 0.146. The minimum absolute atomic E-state index is 0.0374. The van der Waals surface area contributed by atoms with Gasteiger partial charge in [-0.05, 0) is 31.6 Å². The monoisotopic (exact) mass is 351 g/mol. The van der Waals surface area contributed by atoms with Gasteiger partial charge in [-0.2, -0.15) is 0 Å². The zero-order valence-corrected chi connectivity index (χ0v) is 15.5. The van der Waals surface area contributed by atoms with Crippen LogP contribution in [-0.2, 0) is 11.3 Å². The quantitative estimate of drug-likeness (QED) is 0.489. The molecule has 1 aliphatic rings. The number of aliphatic imine (C=N–C) groups is 1. The normalized spacial score (nSPS) is 15.8. The maximum atomic E-state index is 11.6. The molecule has 8 nitrogen and oxygen atoms in total. The van der Waals surface area contributed by atoms with Crippen molar-refractivity contribution in [3.8, 4) is 0 Å². The van der Waals surface area contributed by atoms with Crippen molar-refractivity contribution in [3.05, 3.63) is 17.5 Å². The van der Waals surface area contributed by atoms with Crippen LogP contribution in [0.4, 0.5) is 4.79 Å².